The van der Waals surface area contributed by atoms with Crippen LogP contribution in [0.1, 0.15) is 51.6 Å². The van der Waals surface area contributed by atoms with Gasteiger partial charge in [-0.2, -0.15) is 5.10 Å². The summed E-state index contributed by atoms with van der Waals surface area (Å²) in [6, 6.07) is 2.00. The molecule has 0 saturated heterocycles. The number of nitrogens with zero attached hydrogens (tertiary/aromatic N) is 2. The van der Waals surface area contributed by atoms with Gasteiger partial charge in [0.1, 0.15) is 6.20 Å². The van der Waals surface area contributed by atoms with Crippen LogP contribution in [0, 0.1) is 6.20 Å². The molecule has 1 radical (unpaired) electrons. The average Bonchev–Trinajstić information content (AvgIpc) is 2.53. The number of aromatic nitrogens is 2. The van der Waals surface area contributed by atoms with Crippen molar-refractivity contribution in [2.24, 2.45) is 0 Å². The SMILES string of the molecule is CCCCCn1n[c]cc1C(C)C. The molecule has 0 spiro atoms. The van der Waals surface area contributed by atoms with E-state index in [9.17, 15) is 0 Å². The maximum Gasteiger partial charge on any atom is 0.113 e. The fraction of sp³-hybridized carbons (Fsp3) is 0.727. The summed E-state index contributed by atoms with van der Waals surface area (Å²) in [6.45, 7) is 7.66. The maximum atomic E-state index is 4.20. The summed E-state index contributed by atoms with van der Waals surface area (Å²) in [4.78, 5) is 0. The van der Waals surface area contributed by atoms with E-state index in [1.54, 1.807) is 0 Å². The molecule has 0 saturated carbocycles. The van der Waals surface area contributed by atoms with Crippen molar-refractivity contribution in [3.05, 3.63) is 18.0 Å². The van der Waals surface area contributed by atoms with Gasteiger partial charge >= 0.3 is 0 Å². The molecule has 13 heavy (non-hydrogen) atoms. The molecule has 2 nitrogen and oxygen atoms in total. The van der Waals surface area contributed by atoms with E-state index in [-0.39, 0.29) is 0 Å². The third-order valence-corrected chi connectivity index (χ3v) is 2.25. The highest BCUT2D eigenvalue weighted by molar-refractivity contribution is 5.04. The molecule has 0 N–H and O–H groups in total. The second kappa shape index (κ2) is 5.05. The fourth-order valence-corrected chi connectivity index (χ4v) is 1.45. The Hall–Kier alpha value is -0.790. The molecule has 0 bridgehead atoms. The van der Waals surface area contributed by atoms with Crippen molar-refractivity contribution in [1.29, 1.82) is 0 Å². The highest BCUT2D eigenvalue weighted by Gasteiger charge is 2.05. The standard InChI is InChI=1S/C11H19N2/c1-4-5-6-9-13-11(10(2)3)7-8-12-13/h7,10H,4-6,9H2,1-3H3. The minimum Gasteiger partial charge on any atom is -0.269 e. The second-order valence-corrected chi connectivity index (χ2v) is 3.78. The van der Waals surface area contributed by atoms with E-state index in [0.29, 0.717) is 5.92 Å². The first kappa shape index (κ1) is 10.3. The normalized spacial score (nSPS) is 11.1. The van der Waals surface area contributed by atoms with Crippen molar-refractivity contribution in [2.75, 3.05) is 0 Å². The first-order valence-electron chi connectivity index (χ1n) is 5.19. The van der Waals surface area contributed by atoms with Crippen molar-refractivity contribution in [1.82, 2.24) is 9.78 Å². The molecule has 1 aromatic heterocycles. The van der Waals surface area contributed by atoms with Crippen LogP contribution in [-0.4, -0.2) is 9.78 Å². The zero-order valence-corrected chi connectivity index (χ0v) is 8.88. The molecule has 0 aromatic carbocycles. The van der Waals surface area contributed by atoms with E-state index in [1.807, 2.05) is 6.07 Å². The quantitative estimate of drug-likeness (QED) is 0.635. The first-order chi connectivity index (χ1) is 6.25. The van der Waals surface area contributed by atoms with Crippen molar-refractivity contribution >= 4 is 0 Å². The summed E-state index contributed by atoms with van der Waals surface area (Å²) >= 11 is 0. The van der Waals surface area contributed by atoms with Crippen molar-refractivity contribution in [2.45, 2.75) is 52.5 Å². The van der Waals surface area contributed by atoms with Gasteiger partial charge in [-0.1, -0.05) is 33.6 Å². The molecule has 0 atom stereocenters. The minimum absolute atomic E-state index is 0.556. The summed E-state index contributed by atoms with van der Waals surface area (Å²) in [5.41, 5.74) is 1.30. The predicted octanol–water partition coefficient (Wildman–Crippen LogP) is 3.00. The molecular formula is C11H19N2. The van der Waals surface area contributed by atoms with Crippen LogP contribution in [0.25, 0.3) is 0 Å². The van der Waals surface area contributed by atoms with Crippen LogP contribution in [0.5, 0.6) is 0 Å². The molecule has 0 aliphatic heterocycles. The van der Waals surface area contributed by atoms with Crippen LogP contribution in [-0.2, 0) is 6.54 Å². The Kier molecular flexibility index (Phi) is 4.00. The van der Waals surface area contributed by atoms with E-state index in [4.69, 9.17) is 0 Å². The van der Waals surface area contributed by atoms with Crippen LogP contribution in [0.2, 0.25) is 0 Å². The third-order valence-electron chi connectivity index (χ3n) is 2.25. The molecule has 0 aliphatic rings. The monoisotopic (exact) mass is 179 g/mol. The van der Waals surface area contributed by atoms with Gasteiger partial charge in [-0.25, -0.2) is 0 Å². The van der Waals surface area contributed by atoms with Crippen LogP contribution >= 0.6 is 0 Å². The van der Waals surface area contributed by atoms with Gasteiger partial charge in [0.05, 0.1) is 0 Å². The summed E-state index contributed by atoms with van der Waals surface area (Å²) < 4.78 is 2.08. The highest BCUT2D eigenvalue weighted by Crippen LogP contribution is 2.13. The van der Waals surface area contributed by atoms with Crippen LogP contribution < -0.4 is 0 Å². The Morgan fingerprint density at radius 2 is 2.23 bits per heavy atom. The summed E-state index contributed by atoms with van der Waals surface area (Å²) in [5, 5.41) is 4.20. The van der Waals surface area contributed by atoms with E-state index in [0.717, 1.165) is 6.54 Å². The lowest BCUT2D eigenvalue weighted by atomic mass is 10.1. The lowest BCUT2D eigenvalue weighted by Gasteiger charge is -2.09. The molecule has 0 unspecified atom stereocenters. The van der Waals surface area contributed by atoms with Gasteiger partial charge in [-0.3, -0.25) is 4.68 Å². The Morgan fingerprint density at radius 3 is 2.85 bits per heavy atom. The molecule has 2 heteroatoms. The number of unbranched alkanes of at least 4 members (excludes halogenated alkanes) is 2. The zero-order valence-electron chi connectivity index (χ0n) is 8.88. The molecular weight excluding hydrogens is 160 g/mol. The summed E-state index contributed by atoms with van der Waals surface area (Å²) in [7, 11) is 0. The van der Waals surface area contributed by atoms with Gasteiger partial charge in [0.2, 0.25) is 0 Å². The van der Waals surface area contributed by atoms with Crippen LogP contribution in [0.4, 0.5) is 0 Å². The molecule has 1 aromatic rings. The third kappa shape index (κ3) is 2.87. The maximum absolute atomic E-state index is 4.20. The van der Waals surface area contributed by atoms with Crippen molar-refractivity contribution in [3.63, 3.8) is 0 Å². The topological polar surface area (TPSA) is 17.8 Å². The first-order valence-corrected chi connectivity index (χ1v) is 5.19. The van der Waals surface area contributed by atoms with Gasteiger partial charge in [-0.15, -0.1) is 0 Å². The van der Waals surface area contributed by atoms with Crippen molar-refractivity contribution in [3.8, 4) is 0 Å². The van der Waals surface area contributed by atoms with E-state index < -0.39 is 0 Å². The Morgan fingerprint density at radius 1 is 1.46 bits per heavy atom. The van der Waals surface area contributed by atoms with Crippen molar-refractivity contribution < 1.29 is 0 Å². The number of hydrogen-bond acceptors (Lipinski definition) is 1. The van der Waals surface area contributed by atoms with Gasteiger partial charge < -0.3 is 0 Å². The largest absolute Gasteiger partial charge is 0.269 e. The predicted molar refractivity (Wildman–Crippen MR) is 54.7 cm³/mol. The van der Waals surface area contributed by atoms with Gasteiger partial charge in [-0.05, 0) is 18.4 Å². The molecule has 1 rings (SSSR count). The molecule has 0 amide bonds. The fourth-order valence-electron chi connectivity index (χ4n) is 1.45. The van der Waals surface area contributed by atoms with Gasteiger partial charge in [0.15, 0.2) is 0 Å². The summed E-state index contributed by atoms with van der Waals surface area (Å²) in [5.74, 6) is 0.556. The molecule has 0 fully saturated rings. The second-order valence-electron chi connectivity index (χ2n) is 3.78. The molecule has 73 valence electrons. The lowest BCUT2D eigenvalue weighted by molar-refractivity contribution is 0.522. The van der Waals surface area contributed by atoms with Gasteiger partial charge in [0, 0.05) is 12.2 Å². The minimum atomic E-state index is 0.556. The van der Waals surface area contributed by atoms with Gasteiger partial charge in [0.25, 0.3) is 0 Å². The average molecular weight is 179 g/mol. The van der Waals surface area contributed by atoms with E-state index in [1.165, 1.54) is 25.0 Å². The lowest BCUT2D eigenvalue weighted by Crippen LogP contribution is -2.06. The molecule has 0 aliphatic carbocycles. The van der Waals surface area contributed by atoms with E-state index in [2.05, 4.69) is 36.7 Å². The highest BCUT2D eigenvalue weighted by atomic mass is 15.3. The zero-order chi connectivity index (χ0) is 9.68. The Balaban J connectivity index is 2.50. The van der Waals surface area contributed by atoms with E-state index >= 15 is 0 Å². The Labute approximate surface area is 81.0 Å². The number of rotatable bonds is 5. The molecule has 1 heterocycles. The Bertz CT molecular complexity index is 238. The number of aryl methyl sites for hydroxylation is 1. The smallest absolute Gasteiger partial charge is 0.113 e. The number of hydrogen-bond donors (Lipinski definition) is 0. The summed E-state index contributed by atoms with van der Waals surface area (Å²) in [6.07, 6.45) is 6.70. The van der Waals surface area contributed by atoms with Crippen LogP contribution in [0.3, 0.4) is 0 Å². The van der Waals surface area contributed by atoms with Crippen LogP contribution in [0.15, 0.2) is 6.07 Å².